The van der Waals surface area contributed by atoms with Gasteiger partial charge in [-0.15, -0.1) is 0 Å². The largest absolute Gasteiger partial charge is 0.338 e. The SMILES string of the molecule is CCCC1CCN(C(=O)c2cc(Cl)ccc2I)C1. The molecule has 1 heterocycles. The van der Waals surface area contributed by atoms with Crippen molar-refractivity contribution >= 4 is 40.1 Å². The highest BCUT2D eigenvalue weighted by molar-refractivity contribution is 14.1. The molecule has 0 aromatic heterocycles. The van der Waals surface area contributed by atoms with E-state index in [4.69, 9.17) is 11.6 Å². The smallest absolute Gasteiger partial charge is 0.254 e. The predicted molar refractivity (Wildman–Crippen MR) is 83.1 cm³/mol. The number of nitrogens with zero attached hydrogens (tertiary/aromatic N) is 1. The van der Waals surface area contributed by atoms with Gasteiger partial charge >= 0.3 is 0 Å². The van der Waals surface area contributed by atoms with Crippen LogP contribution < -0.4 is 0 Å². The van der Waals surface area contributed by atoms with Crippen LogP contribution in [0.4, 0.5) is 0 Å². The van der Waals surface area contributed by atoms with Crippen LogP contribution in [-0.2, 0) is 0 Å². The molecular formula is C14H17ClINO. The molecule has 0 N–H and O–H groups in total. The van der Waals surface area contributed by atoms with Crippen LogP contribution in [0.25, 0.3) is 0 Å². The van der Waals surface area contributed by atoms with Gasteiger partial charge in [0.25, 0.3) is 5.91 Å². The van der Waals surface area contributed by atoms with Crippen molar-refractivity contribution in [2.45, 2.75) is 26.2 Å². The summed E-state index contributed by atoms with van der Waals surface area (Å²) in [7, 11) is 0. The Balaban J connectivity index is 2.10. The summed E-state index contributed by atoms with van der Waals surface area (Å²) in [5.41, 5.74) is 0.736. The maximum absolute atomic E-state index is 12.4. The number of benzene rings is 1. The van der Waals surface area contributed by atoms with Crippen molar-refractivity contribution in [3.8, 4) is 0 Å². The first-order chi connectivity index (χ1) is 8.61. The third-order valence-electron chi connectivity index (χ3n) is 3.43. The quantitative estimate of drug-likeness (QED) is 0.723. The molecule has 1 fully saturated rings. The highest BCUT2D eigenvalue weighted by atomic mass is 127. The van der Waals surface area contributed by atoms with Gasteiger partial charge in [0.15, 0.2) is 0 Å². The standard InChI is InChI=1S/C14H17ClINO/c1-2-3-10-6-7-17(9-10)14(18)12-8-11(15)4-5-13(12)16/h4-5,8,10H,2-3,6-7,9H2,1H3. The molecule has 0 aliphatic carbocycles. The number of likely N-dealkylation sites (tertiary alicyclic amines) is 1. The molecule has 1 unspecified atom stereocenters. The third-order valence-corrected chi connectivity index (χ3v) is 4.60. The Labute approximate surface area is 127 Å². The van der Waals surface area contributed by atoms with E-state index in [0.717, 1.165) is 28.6 Å². The average Bonchev–Trinajstić information content (AvgIpc) is 2.80. The van der Waals surface area contributed by atoms with Crippen LogP contribution in [0, 0.1) is 9.49 Å². The normalized spacial score (nSPS) is 19.3. The highest BCUT2D eigenvalue weighted by Crippen LogP contribution is 2.25. The fourth-order valence-corrected chi connectivity index (χ4v) is 3.23. The molecule has 1 aromatic rings. The summed E-state index contributed by atoms with van der Waals surface area (Å²) in [4.78, 5) is 14.4. The molecule has 1 aliphatic rings. The van der Waals surface area contributed by atoms with Crippen molar-refractivity contribution in [2.24, 2.45) is 5.92 Å². The van der Waals surface area contributed by atoms with E-state index in [1.165, 1.54) is 12.8 Å². The third kappa shape index (κ3) is 3.18. The second-order valence-electron chi connectivity index (χ2n) is 4.82. The van der Waals surface area contributed by atoms with E-state index in [2.05, 4.69) is 29.5 Å². The predicted octanol–water partition coefficient (Wildman–Crippen LogP) is 4.21. The van der Waals surface area contributed by atoms with Crippen molar-refractivity contribution in [2.75, 3.05) is 13.1 Å². The maximum atomic E-state index is 12.4. The Morgan fingerprint density at radius 1 is 1.56 bits per heavy atom. The van der Waals surface area contributed by atoms with Crippen molar-refractivity contribution in [3.05, 3.63) is 32.4 Å². The molecule has 98 valence electrons. The molecule has 0 radical (unpaired) electrons. The van der Waals surface area contributed by atoms with Crippen LogP contribution in [-0.4, -0.2) is 23.9 Å². The fraction of sp³-hybridized carbons (Fsp3) is 0.500. The van der Waals surface area contributed by atoms with E-state index in [9.17, 15) is 4.79 Å². The van der Waals surface area contributed by atoms with Crippen molar-refractivity contribution in [1.82, 2.24) is 4.90 Å². The lowest BCUT2D eigenvalue weighted by Gasteiger charge is -2.17. The van der Waals surface area contributed by atoms with Crippen molar-refractivity contribution < 1.29 is 4.79 Å². The summed E-state index contributed by atoms with van der Waals surface area (Å²) in [5.74, 6) is 0.802. The van der Waals surface area contributed by atoms with Gasteiger partial charge in [0.05, 0.1) is 5.56 Å². The molecule has 1 amide bonds. The second kappa shape index (κ2) is 6.24. The number of carbonyl (C=O) groups excluding carboxylic acids is 1. The van der Waals surface area contributed by atoms with E-state index in [0.29, 0.717) is 10.9 Å². The Hall–Kier alpha value is -0.290. The number of rotatable bonds is 3. The molecule has 1 aromatic carbocycles. The summed E-state index contributed by atoms with van der Waals surface area (Å²) in [6.07, 6.45) is 3.55. The fourth-order valence-electron chi connectivity index (χ4n) is 2.49. The minimum Gasteiger partial charge on any atom is -0.338 e. The molecule has 0 spiro atoms. The lowest BCUT2D eigenvalue weighted by Crippen LogP contribution is -2.29. The minimum absolute atomic E-state index is 0.125. The van der Waals surface area contributed by atoms with Gasteiger partial charge in [-0.25, -0.2) is 0 Å². The van der Waals surface area contributed by atoms with Gasteiger partial charge in [-0.1, -0.05) is 24.9 Å². The zero-order valence-corrected chi connectivity index (χ0v) is 13.4. The van der Waals surface area contributed by atoms with Crippen molar-refractivity contribution in [3.63, 3.8) is 0 Å². The lowest BCUT2D eigenvalue weighted by molar-refractivity contribution is 0.0785. The number of hydrogen-bond acceptors (Lipinski definition) is 1. The monoisotopic (exact) mass is 377 g/mol. The molecule has 1 aliphatic heterocycles. The molecule has 18 heavy (non-hydrogen) atoms. The van der Waals surface area contributed by atoms with Gasteiger partial charge in [-0.2, -0.15) is 0 Å². The van der Waals surface area contributed by atoms with Crippen LogP contribution >= 0.6 is 34.2 Å². The minimum atomic E-state index is 0.125. The van der Waals surface area contributed by atoms with Gasteiger partial charge in [-0.3, -0.25) is 4.79 Å². The van der Waals surface area contributed by atoms with E-state index >= 15 is 0 Å². The molecule has 0 saturated carbocycles. The summed E-state index contributed by atoms with van der Waals surface area (Å²) >= 11 is 8.17. The Bertz CT molecular complexity index is 449. The Morgan fingerprint density at radius 2 is 2.33 bits per heavy atom. The van der Waals surface area contributed by atoms with E-state index < -0.39 is 0 Å². The summed E-state index contributed by atoms with van der Waals surface area (Å²) in [6, 6.07) is 5.50. The van der Waals surface area contributed by atoms with Gasteiger partial charge in [0.2, 0.25) is 0 Å². The van der Waals surface area contributed by atoms with Crippen molar-refractivity contribution in [1.29, 1.82) is 0 Å². The molecule has 2 nitrogen and oxygen atoms in total. The zero-order chi connectivity index (χ0) is 13.1. The number of amides is 1. The molecule has 1 saturated heterocycles. The van der Waals surface area contributed by atoms with E-state index in [-0.39, 0.29) is 5.91 Å². The summed E-state index contributed by atoms with van der Waals surface area (Å²) in [5, 5.41) is 0.628. The van der Waals surface area contributed by atoms with Gasteiger partial charge in [0, 0.05) is 21.7 Å². The molecule has 2 rings (SSSR count). The lowest BCUT2D eigenvalue weighted by atomic mass is 10.0. The topological polar surface area (TPSA) is 20.3 Å². The Kier molecular flexibility index (Phi) is 4.90. The number of halogens is 2. The van der Waals surface area contributed by atoms with Crippen LogP contribution in [0.1, 0.15) is 36.5 Å². The summed E-state index contributed by atoms with van der Waals surface area (Å²) in [6.45, 7) is 3.98. The van der Waals surface area contributed by atoms with E-state index in [1.54, 1.807) is 6.07 Å². The Morgan fingerprint density at radius 3 is 3.06 bits per heavy atom. The maximum Gasteiger partial charge on any atom is 0.254 e. The highest BCUT2D eigenvalue weighted by Gasteiger charge is 2.27. The van der Waals surface area contributed by atoms with E-state index in [1.807, 2.05) is 17.0 Å². The van der Waals surface area contributed by atoms with Gasteiger partial charge < -0.3 is 4.90 Å². The molecular weight excluding hydrogens is 361 g/mol. The second-order valence-corrected chi connectivity index (χ2v) is 6.42. The first kappa shape index (κ1) is 14.1. The molecule has 0 bridgehead atoms. The number of hydrogen-bond donors (Lipinski definition) is 0. The van der Waals surface area contributed by atoms with Crippen LogP contribution in [0.15, 0.2) is 18.2 Å². The number of carbonyl (C=O) groups is 1. The summed E-state index contributed by atoms with van der Waals surface area (Å²) < 4.78 is 0.973. The average molecular weight is 378 g/mol. The molecule has 1 atom stereocenters. The van der Waals surface area contributed by atoms with Crippen LogP contribution in [0.2, 0.25) is 5.02 Å². The zero-order valence-electron chi connectivity index (χ0n) is 10.5. The van der Waals surface area contributed by atoms with Gasteiger partial charge in [0.1, 0.15) is 0 Å². The first-order valence-electron chi connectivity index (χ1n) is 6.36. The van der Waals surface area contributed by atoms with Crippen LogP contribution in [0.5, 0.6) is 0 Å². The first-order valence-corrected chi connectivity index (χ1v) is 7.81. The van der Waals surface area contributed by atoms with Gasteiger partial charge in [-0.05, 0) is 59.5 Å². The van der Waals surface area contributed by atoms with Crippen LogP contribution in [0.3, 0.4) is 0 Å². The molecule has 4 heteroatoms.